The van der Waals surface area contributed by atoms with Crippen molar-refractivity contribution >= 4 is 5.82 Å². The lowest BCUT2D eigenvalue weighted by Gasteiger charge is -2.08. The maximum absolute atomic E-state index is 4.31. The van der Waals surface area contributed by atoms with E-state index in [-0.39, 0.29) is 0 Å². The van der Waals surface area contributed by atoms with E-state index in [0.29, 0.717) is 5.92 Å². The molecule has 0 saturated heterocycles. The Morgan fingerprint density at radius 1 is 1.42 bits per heavy atom. The third-order valence-electron chi connectivity index (χ3n) is 2.00. The van der Waals surface area contributed by atoms with Crippen molar-refractivity contribution in [1.29, 1.82) is 0 Å². The van der Waals surface area contributed by atoms with Gasteiger partial charge in [0.2, 0.25) is 0 Å². The number of rotatable bonds is 2. The molecule has 0 fully saturated rings. The van der Waals surface area contributed by atoms with E-state index < -0.39 is 0 Å². The molecule has 1 N–H and O–H groups in total. The highest BCUT2D eigenvalue weighted by Gasteiger charge is 2.02. The molecular weight excluding hydrogens is 148 g/mol. The Labute approximate surface area is 74.0 Å². The summed E-state index contributed by atoms with van der Waals surface area (Å²) in [6, 6.07) is 2.18. The van der Waals surface area contributed by atoms with Crippen LogP contribution in [0.4, 0.5) is 5.82 Å². The second kappa shape index (κ2) is 3.57. The van der Waals surface area contributed by atoms with Gasteiger partial charge in [0.1, 0.15) is 5.82 Å². The predicted molar refractivity (Wildman–Crippen MR) is 52.6 cm³/mol. The average Bonchev–Trinajstić information content (AvgIpc) is 2.04. The predicted octanol–water partition coefficient (Wildman–Crippen LogP) is 2.56. The maximum atomic E-state index is 4.31. The SMILES string of the molecule is CNc1ncc(C(C)C)cc1C. The molecule has 0 saturated carbocycles. The summed E-state index contributed by atoms with van der Waals surface area (Å²) in [4.78, 5) is 4.31. The quantitative estimate of drug-likeness (QED) is 0.726. The number of hydrogen-bond donors (Lipinski definition) is 1. The van der Waals surface area contributed by atoms with Crippen LogP contribution in [0.2, 0.25) is 0 Å². The molecule has 0 aliphatic rings. The minimum Gasteiger partial charge on any atom is -0.373 e. The number of nitrogens with one attached hydrogen (secondary N) is 1. The molecule has 0 aliphatic heterocycles. The third-order valence-corrected chi connectivity index (χ3v) is 2.00. The lowest BCUT2D eigenvalue weighted by atomic mass is 10.0. The summed E-state index contributed by atoms with van der Waals surface area (Å²) in [7, 11) is 1.89. The van der Waals surface area contributed by atoms with Crippen LogP contribution in [0.5, 0.6) is 0 Å². The monoisotopic (exact) mass is 164 g/mol. The van der Waals surface area contributed by atoms with E-state index in [2.05, 4.69) is 37.1 Å². The molecule has 66 valence electrons. The summed E-state index contributed by atoms with van der Waals surface area (Å²) in [5.74, 6) is 1.53. The Balaban J connectivity index is 3.02. The van der Waals surface area contributed by atoms with Crippen molar-refractivity contribution in [3.63, 3.8) is 0 Å². The number of aryl methyl sites for hydroxylation is 1. The van der Waals surface area contributed by atoms with Crippen molar-refractivity contribution in [2.24, 2.45) is 0 Å². The van der Waals surface area contributed by atoms with Crippen LogP contribution in [0.15, 0.2) is 12.3 Å². The summed E-state index contributed by atoms with van der Waals surface area (Å²) in [5.41, 5.74) is 2.51. The summed E-state index contributed by atoms with van der Waals surface area (Å²) in [6.45, 7) is 6.43. The van der Waals surface area contributed by atoms with Crippen LogP contribution < -0.4 is 5.32 Å². The second-order valence-electron chi connectivity index (χ2n) is 3.34. The Bertz CT molecular complexity index is 267. The first kappa shape index (κ1) is 9.04. The van der Waals surface area contributed by atoms with Gasteiger partial charge in [-0.05, 0) is 24.0 Å². The first-order chi connectivity index (χ1) is 5.65. The fourth-order valence-corrected chi connectivity index (χ4v) is 1.17. The summed E-state index contributed by atoms with van der Waals surface area (Å²) < 4.78 is 0. The van der Waals surface area contributed by atoms with Gasteiger partial charge in [0.15, 0.2) is 0 Å². The zero-order valence-electron chi connectivity index (χ0n) is 8.18. The van der Waals surface area contributed by atoms with Gasteiger partial charge in [-0.1, -0.05) is 19.9 Å². The zero-order chi connectivity index (χ0) is 9.14. The van der Waals surface area contributed by atoms with E-state index in [1.54, 1.807) is 0 Å². The van der Waals surface area contributed by atoms with Crippen molar-refractivity contribution in [3.8, 4) is 0 Å². The van der Waals surface area contributed by atoms with Gasteiger partial charge in [-0.15, -0.1) is 0 Å². The minimum absolute atomic E-state index is 0.558. The molecule has 0 aromatic carbocycles. The van der Waals surface area contributed by atoms with E-state index in [4.69, 9.17) is 0 Å². The topological polar surface area (TPSA) is 24.9 Å². The fraction of sp³-hybridized carbons (Fsp3) is 0.500. The first-order valence-electron chi connectivity index (χ1n) is 4.29. The molecule has 2 nitrogen and oxygen atoms in total. The van der Waals surface area contributed by atoms with E-state index >= 15 is 0 Å². The van der Waals surface area contributed by atoms with Crippen molar-refractivity contribution in [2.75, 3.05) is 12.4 Å². The molecular formula is C10H16N2. The molecule has 1 aromatic rings. The van der Waals surface area contributed by atoms with E-state index in [9.17, 15) is 0 Å². The van der Waals surface area contributed by atoms with Gasteiger partial charge in [-0.25, -0.2) is 4.98 Å². The van der Waals surface area contributed by atoms with Crippen LogP contribution in [0.1, 0.15) is 30.9 Å². The fourth-order valence-electron chi connectivity index (χ4n) is 1.17. The van der Waals surface area contributed by atoms with Crippen LogP contribution in [0, 0.1) is 6.92 Å². The molecule has 1 aromatic heterocycles. The molecule has 0 bridgehead atoms. The van der Waals surface area contributed by atoms with Crippen molar-refractivity contribution in [1.82, 2.24) is 4.98 Å². The molecule has 12 heavy (non-hydrogen) atoms. The van der Waals surface area contributed by atoms with Crippen molar-refractivity contribution in [2.45, 2.75) is 26.7 Å². The lowest BCUT2D eigenvalue weighted by Crippen LogP contribution is -1.97. The second-order valence-corrected chi connectivity index (χ2v) is 3.34. The first-order valence-corrected chi connectivity index (χ1v) is 4.29. The number of nitrogens with zero attached hydrogens (tertiary/aromatic N) is 1. The number of hydrogen-bond acceptors (Lipinski definition) is 2. The zero-order valence-corrected chi connectivity index (χ0v) is 8.18. The third kappa shape index (κ3) is 1.76. The molecule has 1 rings (SSSR count). The molecule has 1 heterocycles. The Hall–Kier alpha value is -1.05. The average molecular weight is 164 g/mol. The molecule has 0 radical (unpaired) electrons. The van der Waals surface area contributed by atoms with Crippen molar-refractivity contribution < 1.29 is 0 Å². The highest BCUT2D eigenvalue weighted by Crippen LogP contribution is 2.18. The van der Waals surface area contributed by atoms with Crippen LogP contribution in [-0.2, 0) is 0 Å². The lowest BCUT2D eigenvalue weighted by molar-refractivity contribution is 0.856. The Kier molecular flexibility index (Phi) is 2.69. The van der Waals surface area contributed by atoms with Gasteiger partial charge in [0.25, 0.3) is 0 Å². The standard InChI is InChI=1S/C10H16N2/c1-7(2)9-5-8(3)10(11-4)12-6-9/h5-7H,1-4H3,(H,11,12). The molecule has 2 heteroatoms. The Morgan fingerprint density at radius 3 is 2.50 bits per heavy atom. The van der Waals surface area contributed by atoms with Crippen LogP contribution in [0.3, 0.4) is 0 Å². The van der Waals surface area contributed by atoms with E-state index in [1.807, 2.05) is 13.2 Å². The smallest absolute Gasteiger partial charge is 0.128 e. The summed E-state index contributed by atoms with van der Waals surface area (Å²) in [6.07, 6.45) is 1.93. The van der Waals surface area contributed by atoms with Gasteiger partial charge in [0.05, 0.1) is 0 Å². The van der Waals surface area contributed by atoms with Gasteiger partial charge < -0.3 is 5.32 Å². The van der Waals surface area contributed by atoms with E-state index in [0.717, 1.165) is 5.82 Å². The molecule has 0 atom stereocenters. The normalized spacial score (nSPS) is 10.4. The van der Waals surface area contributed by atoms with Gasteiger partial charge in [-0.3, -0.25) is 0 Å². The molecule has 0 unspecified atom stereocenters. The largest absolute Gasteiger partial charge is 0.373 e. The van der Waals surface area contributed by atoms with Crippen LogP contribution in [-0.4, -0.2) is 12.0 Å². The van der Waals surface area contributed by atoms with Gasteiger partial charge in [-0.2, -0.15) is 0 Å². The number of pyridine rings is 1. The highest BCUT2D eigenvalue weighted by molar-refractivity contribution is 5.44. The van der Waals surface area contributed by atoms with Gasteiger partial charge >= 0.3 is 0 Å². The minimum atomic E-state index is 0.558. The van der Waals surface area contributed by atoms with Crippen molar-refractivity contribution in [3.05, 3.63) is 23.4 Å². The van der Waals surface area contributed by atoms with E-state index in [1.165, 1.54) is 11.1 Å². The van der Waals surface area contributed by atoms with Crippen LogP contribution in [0.25, 0.3) is 0 Å². The number of aromatic nitrogens is 1. The Morgan fingerprint density at radius 2 is 2.08 bits per heavy atom. The van der Waals surface area contributed by atoms with Gasteiger partial charge in [0, 0.05) is 13.2 Å². The summed E-state index contributed by atoms with van der Waals surface area (Å²) >= 11 is 0. The summed E-state index contributed by atoms with van der Waals surface area (Å²) in [5, 5.41) is 3.05. The maximum Gasteiger partial charge on any atom is 0.128 e. The number of anilines is 1. The highest BCUT2D eigenvalue weighted by atomic mass is 15.0. The molecule has 0 amide bonds. The molecule has 0 aliphatic carbocycles. The van der Waals surface area contributed by atoms with Crippen LogP contribution >= 0.6 is 0 Å². The molecule has 0 spiro atoms.